The summed E-state index contributed by atoms with van der Waals surface area (Å²) in [6.45, 7) is 6.70. The van der Waals surface area contributed by atoms with Crippen molar-refractivity contribution in [3.05, 3.63) is 52.5 Å². The molecule has 0 atom stereocenters. The van der Waals surface area contributed by atoms with Crippen molar-refractivity contribution in [2.75, 3.05) is 31.1 Å². The van der Waals surface area contributed by atoms with E-state index in [1.54, 1.807) is 11.3 Å². The quantitative estimate of drug-likeness (QED) is 0.743. The molecule has 1 aliphatic heterocycles. The number of hydrogen-bond donors (Lipinski definition) is 1. The van der Waals surface area contributed by atoms with Crippen LogP contribution in [0.1, 0.15) is 11.1 Å². The fraction of sp³-hybridized carbons (Fsp3) is 0.316. The van der Waals surface area contributed by atoms with Crippen molar-refractivity contribution in [2.45, 2.75) is 13.5 Å². The van der Waals surface area contributed by atoms with Gasteiger partial charge in [0, 0.05) is 37.7 Å². The van der Waals surface area contributed by atoms with Crippen LogP contribution >= 0.6 is 22.9 Å². The van der Waals surface area contributed by atoms with Crippen molar-refractivity contribution in [2.24, 2.45) is 0 Å². The summed E-state index contributed by atoms with van der Waals surface area (Å²) in [6, 6.07) is 11.8. The summed E-state index contributed by atoms with van der Waals surface area (Å²) >= 11 is 7.78. The first kappa shape index (κ1) is 16.6. The zero-order valence-corrected chi connectivity index (χ0v) is 15.6. The minimum atomic E-state index is 0.379. The molecule has 130 valence electrons. The fourth-order valence-corrected chi connectivity index (χ4v) is 4.42. The van der Waals surface area contributed by atoms with Crippen LogP contribution in [0.2, 0.25) is 5.02 Å². The normalized spacial score (nSPS) is 15.8. The van der Waals surface area contributed by atoms with Crippen molar-refractivity contribution in [1.82, 2.24) is 9.88 Å². The maximum Gasteiger partial charge on any atom is 0.186 e. The summed E-state index contributed by atoms with van der Waals surface area (Å²) < 4.78 is 1.14. The molecule has 1 saturated heterocycles. The second kappa shape index (κ2) is 6.83. The Hall–Kier alpha value is -1.82. The van der Waals surface area contributed by atoms with E-state index in [0.717, 1.165) is 64.2 Å². The van der Waals surface area contributed by atoms with Gasteiger partial charge < -0.3 is 10.0 Å². The number of aromatic hydroxyl groups is 1. The Morgan fingerprint density at radius 2 is 1.92 bits per heavy atom. The maximum absolute atomic E-state index is 9.87. The van der Waals surface area contributed by atoms with E-state index in [2.05, 4.69) is 15.9 Å². The van der Waals surface area contributed by atoms with Gasteiger partial charge in [-0.1, -0.05) is 35.1 Å². The molecule has 0 amide bonds. The zero-order chi connectivity index (χ0) is 17.4. The molecule has 4 nitrogen and oxygen atoms in total. The van der Waals surface area contributed by atoms with Crippen LogP contribution in [0.25, 0.3) is 10.2 Å². The molecular weight excluding hydrogens is 354 g/mol. The van der Waals surface area contributed by atoms with Gasteiger partial charge >= 0.3 is 0 Å². The van der Waals surface area contributed by atoms with Crippen molar-refractivity contribution in [3.8, 4) is 5.75 Å². The molecule has 25 heavy (non-hydrogen) atoms. The number of anilines is 1. The van der Waals surface area contributed by atoms with Gasteiger partial charge in [-0.2, -0.15) is 0 Å². The highest BCUT2D eigenvalue weighted by Gasteiger charge is 2.20. The predicted molar refractivity (Wildman–Crippen MR) is 105 cm³/mol. The highest BCUT2D eigenvalue weighted by Crippen LogP contribution is 2.31. The highest BCUT2D eigenvalue weighted by atomic mass is 35.5. The lowest BCUT2D eigenvalue weighted by molar-refractivity contribution is 0.249. The number of halogens is 1. The zero-order valence-electron chi connectivity index (χ0n) is 14.1. The molecule has 0 bridgehead atoms. The summed E-state index contributed by atoms with van der Waals surface area (Å²) in [5.41, 5.74) is 3.10. The van der Waals surface area contributed by atoms with Crippen molar-refractivity contribution < 1.29 is 5.11 Å². The van der Waals surface area contributed by atoms with Gasteiger partial charge in [0.2, 0.25) is 0 Å². The van der Waals surface area contributed by atoms with Crippen LogP contribution in [0.3, 0.4) is 0 Å². The third-order valence-corrected chi connectivity index (χ3v) is 5.98. The third kappa shape index (κ3) is 3.59. The standard InChI is InChI=1S/C19H20ClN3OS/c1-13-2-3-14(10-17(13)24)12-22-6-8-23(9-7-22)19-21-16-5-4-15(20)11-18(16)25-19/h2-5,10-11,24H,6-9,12H2,1H3. The van der Waals surface area contributed by atoms with Crippen LogP contribution < -0.4 is 4.90 Å². The fourth-order valence-electron chi connectivity index (χ4n) is 3.13. The highest BCUT2D eigenvalue weighted by molar-refractivity contribution is 7.22. The van der Waals surface area contributed by atoms with Crippen LogP contribution in [0.15, 0.2) is 36.4 Å². The Morgan fingerprint density at radius 3 is 2.68 bits per heavy atom. The Labute approximate surface area is 156 Å². The van der Waals surface area contributed by atoms with Gasteiger partial charge in [0.15, 0.2) is 5.13 Å². The van der Waals surface area contributed by atoms with Gasteiger partial charge in [-0.15, -0.1) is 0 Å². The molecule has 0 radical (unpaired) electrons. The number of piperazine rings is 1. The van der Waals surface area contributed by atoms with Crippen molar-refractivity contribution >= 4 is 38.3 Å². The molecule has 1 fully saturated rings. The van der Waals surface area contributed by atoms with Gasteiger partial charge in [-0.05, 0) is 42.3 Å². The second-order valence-electron chi connectivity index (χ2n) is 6.49. The number of aromatic nitrogens is 1. The van der Waals surface area contributed by atoms with Gasteiger partial charge in [0.25, 0.3) is 0 Å². The lowest BCUT2D eigenvalue weighted by Gasteiger charge is -2.34. The summed E-state index contributed by atoms with van der Waals surface area (Å²) in [5.74, 6) is 0.379. The lowest BCUT2D eigenvalue weighted by atomic mass is 10.1. The largest absolute Gasteiger partial charge is 0.508 e. The minimum Gasteiger partial charge on any atom is -0.508 e. The van der Waals surface area contributed by atoms with Gasteiger partial charge in [0.1, 0.15) is 5.75 Å². The molecule has 1 aromatic heterocycles. The summed E-state index contributed by atoms with van der Waals surface area (Å²) in [4.78, 5) is 9.51. The lowest BCUT2D eigenvalue weighted by Crippen LogP contribution is -2.45. The SMILES string of the molecule is Cc1ccc(CN2CCN(c3nc4ccc(Cl)cc4s3)CC2)cc1O. The topological polar surface area (TPSA) is 39.6 Å². The van der Waals surface area contributed by atoms with E-state index >= 15 is 0 Å². The number of nitrogens with zero attached hydrogens (tertiary/aromatic N) is 3. The molecule has 4 rings (SSSR count). The third-order valence-electron chi connectivity index (χ3n) is 4.66. The number of phenols is 1. The van der Waals surface area contributed by atoms with E-state index in [4.69, 9.17) is 16.6 Å². The molecule has 2 heterocycles. The van der Waals surface area contributed by atoms with Crippen LogP contribution in [0.5, 0.6) is 5.75 Å². The molecule has 0 aliphatic carbocycles. The van der Waals surface area contributed by atoms with Gasteiger partial charge in [-0.25, -0.2) is 4.98 Å². The first-order chi connectivity index (χ1) is 12.1. The number of phenolic OH excluding ortho intramolecular Hbond substituents is 1. The predicted octanol–water partition coefficient (Wildman–Crippen LogP) is 4.29. The summed E-state index contributed by atoms with van der Waals surface area (Å²) in [6.07, 6.45) is 0. The number of rotatable bonds is 3. The van der Waals surface area contributed by atoms with E-state index < -0.39 is 0 Å². The van der Waals surface area contributed by atoms with Crippen LogP contribution in [-0.4, -0.2) is 41.2 Å². The van der Waals surface area contributed by atoms with E-state index in [1.807, 2.05) is 37.3 Å². The van der Waals surface area contributed by atoms with Crippen molar-refractivity contribution in [1.29, 1.82) is 0 Å². The first-order valence-electron chi connectivity index (χ1n) is 8.40. The second-order valence-corrected chi connectivity index (χ2v) is 7.94. The molecule has 2 aromatic carbocycles. The molecule has 3 aromatic rings. The van der Waals surface area contributed by atoms with E-state index in [1.165, 1.54) is 0 Å². The average molecular weight is 374 g/mol. The number of thiazole rings is 1. The number of hydrogen-bond acceptors (Lipinski definition) is 5. The minimum absolute atomic E-state index is 0.379. The Balaban J connectivity index is 1.41. The number of benzene rings is 2. The molecular formula is C19H20ClN3OS. The van der Waals surface area contributed by atoms with Gasteiger partial charge in [0.05, 0.1) is 10.2 Å². The summed E-state index contributed by atoms with van der Waals surface area (Å²) in [5, 5.41) is 11.7. The first-order valence-corrected chi connectivity index (χ1v) is 9.60. The van der Waals surface area contributed by atoms with Crippen molar-refractivity contribution in [3.63, 3.8) is 0 Å². The van der Waals surface area contributed by atoms with Gasteiger partial charge in [-0.3, -0.25) is 4.90 Å². The molecule has 6 heteroatoms. The van der Waals surface area contributed by atoms with Crippen LogP contribution in [0.4, 0.5) is 5.13 Å². The smallest absolute Gasteiger partial charge is 0.186 e. The maximum atomic E-state index is 9.87. The molecule has 1 aliphatic rings. The van der Waals surface area contributed by atoms with E-state index in [0.29, 0.717) is 5.75 Å². The number of fused-ring (bicyclic) bond motifs is 1. The molecule has 0 unspecified atom stereocenters. The Kier molecular flexibility index (Phi) is 4.54. The van der Waals surface area contributed by atoms with Crippen LogP contribution in [-0.2, 0) is 6.54 Å². The van der Waals surface area contributed by atoms with E-state index in [9.17, 15) is 5.11 Å². The molecule has 1 N–H and O–H groups in total. The Morgan fingerprint density at radius 1 is 1.12 bits per heavy atom. The Bertz CT molecular complexity index is 903. The average Bonchev–Trinajstić information content (AvgIpc) is 3.02. The van der Waals surface area contributed by atoms with E-state index in [-0.39, 0.29) is 0 Å². The monoisotopic (exact) mass is 373 g/mol. The molecule has 0 saturated carbocycles. The van der Waals surface area contributed by atoms with Crippen LogP contribution in [0, 0.1) is 6.92 Å². The molecule has 0 spiro atoms. The summed E-state index contributed by atoms with van der Waals surface area (Å²) in [7, 11) is 0. The number of aryl methyl sites for hydroxylation is 1.